The third-order valence-corrected chi connectivity index (χ3v) is 7.88. The number of nitrogens with one attached hydrogen (secondary N) is 1. The van der Waals surface area contributed by atoms with E-state index in [1.54, 1.807) is 12.1 Å². The van der Waals surface area contributed by atoms with E-state index in [1.165, 1.54) is 17.7 Å². The summed E-state index contributed by atoms with van der Waals surface area (Å²) in [7, 11) is 4.03. The Balaban J connectivity index is 0.00000600. The van der Waals surface area contributed by atoms with Crippen molar-refractivity contribution in [1.82, 2.24) is 14.8 Å². The van der Waals surface area contributed by atoms with Crippen molar-refractivity contribution in [2.24, 2.45) is 0 Å². The number of nitrogens with zero attached hydrogens (tertiary/aromatic N) is 2. The minimum absolute atomic E-state index is 0. The number of hydrogen-bond acceptors (Lipinski definition) is 5. The molecule has 2 unspecified atom stereocenters. The van der Waals surface area contributed by atoms with Crippen molar-refractivity contribution in [2.75, 3.05) is 14.1 Å². The molecule has 0 fully saturated rings. The third-order valence-electron chi connectivity index (χ3n) is 7.88. The van der Waals surface area contributed by atoms with E-state index in [1.807, 2.05) is 75.0 Å². The number of carbonyl (C=O) groups is 2. The topological polar surface area (TPSA) is 115 Å². The summed E-state index contributed by atoms with van der Waals surface area (Å²) >= 11 is 0. The number of hydrogen-bond donors (Lipinski definition) is 4. The van der Waals surface area contributed by atoms with Crippen molar-refractivity contribution in [3.63, 3.8) is 0 Å². The van der Waals surface area contributed by atoms with Gasteiger partial charge in [0.25, 0.3) is 5.91 Å². The molecule has 0 bridgehead atoms. The summed E-state index contributed by atoms with van der Waals surface area (Å²) in [6.45, 7) is 5.11. The average Bonchev–Trinajstić information content (AvgIpc) is 3.35. The van der Waals surface area contributed by atoms with E-state index in [0.29, 0.717) is 24.2 Å². The second-order valence-electron chi connectivity index (χ2n) is 12.3. The van der Waals surface area contributed by atoms with Gasteiger partial charge in [0.05, 0.1) is 18.6 Å². The van der Waals surface area contributed by atoms with Crippen molar-refractivity contribution in [2.45, 2.75) is 70.9 Å². The van der Waals surface area contributed by atoms with Crippen LogP contribution in [-0.2, 0) is 24.3 Å². The van der Waals surface area contributed by atoms with Gasteiger partial charge in [0.15, 0.2) is 0 Å². The Kier molecular flexibility index (Phi) is 14.4. The predicted octanol–water partition coefficient (Wildman–Crippen LogP) is 5.40. The molecule has 47 heavy (non-hydrogen) atoms. The number of aliphatic hydroxyl groups excluding tert-OH is 2. The predicted molar refractivity (Wildman–Crippen MR) is 185 cm³/mol. The van der Waals surface area contributed by atoms with E-state index in [9.17, 15) is 24.2 Å². The number of carboxylic acid groups (broad SMARTS) is 1. The Morgan fingerprint density at radius 2 is 1.45 bits per heavy atom. The summed E-state index contributed by atoms with van der Waals surface area (Å²) in [4.78, 5) is 27.4. The number of amides is 1. The zero-order valence-electron chi connectivity index (χ0n) is 26.9. The Labute approximate surface area is 298 Å². The molecule has 1 aromatic heterocycles. The molecule has 1 amide bonds. The van der Waals surface area contributed by atoms with Crippen LogP contribution in [0.25, 0.3) is 22.3 Å². The molecule has 8 nitrogen and oxygen atoms in total. The number of aliphatic carboxylic acids is 1. The molecular formula is C37H45FN3NaO5. The summed E-state index contributed by atoms with van der Waals surface area (Å²) in [5.41, 5.74) is 6.38. The maximum atomic E-state index is 14.3. The maximum absolute atomic E-state index is 14.3. The fourth-order valence-electron chi connectivity index (χ4n) is 5.90. The summed E-state index contributed by atoms with van der Waals surface area (Å²) in [6.07, 6.45) is -2.16. The standard InChI is InChI=1S/C37H44FN3O5.Na.H/c1-24(2)41-32(19-18-30(42)20-31(43)21-33(44)45)34(28-14-16-29(38)17-15-28)35(27-8-6-5-7-9-27)36(41)37(46)39-22-25-10-12-26(13-11-25)23-40(3)4;;/h5-17,24,30-31,42-43H,18-23H2,1-4H3,(H,39,46)(H,44,45);;. The monoisotopic (exact) mass is 653 g/mol. The van der Waals surface area contributed by atoms with E-state index >= 15 is 0 Å². The molecule has 1 heterocycles. The molecule has 0 saturated carbocycles. The van der Waals surface area contributed by atoms with Crippen LogP contribution in [0.5, 0.6) is 0 Å². The van der Waals surface area contributed by atoms with Crippen LogP contribution in [0.2, 0.25) is 0 Å². The van der Waals surface area contributed by atoms with Crippen LogP contribution < -0.4 is 5.32 Å². The number of aromatic nitrogens is 1. The second-order valence-corrected chi connectivity index (χ2v) is 12.3. The molecule has 0 spiro atoms. The summed E-state index contributed by atoms with van der Waals surface area (Å²) in [6, 6.07) is 23.7. The first-order valence-corrected chi connectivity index (χ1v) is 15.6. The quantitative estimate of drug-likeness (QED) is 0.128. The van der Waals surface area contributed by atoms with Gasteiger partial charge in [-0.05, 0) is 81.6 Å². The molecule has 246 valence electrons. The van der Waals surface area contributed by atoms with Gasteiger partial charge < -0.3 is 30.1 Å². The number of halogens is 1. The van der Waals surface area contributed by atoms with Gasteiger partial charge >= 0.3 is 35.5 Å². The van der Waals surface area contributed by atoms with E-state index in [-0.39, 0.29) is 60.2 Å². The molecule has 4 rings (SSSR count). The van der Waals surface area contributed by atoms with Crippen LogP contribution in [0.4, 0.5) is 4.39 Å². The Bertz CT molecular complexity index is 1610. The first-order valence-electron chi connectivity index (χ1n) is 15.6. The molecule has 4 aromatic rings. The van der Waals surface area contributed by atoms with Gasteiger partial charge in [-0.2, -0.15) is 0 Å². The van der Waals surface area contributed by atoms with Crippen molar-refractivity contribution in [3.8, 4) is 22.3 Å². The number of rotatable bonds is 15. The van der Waals surface area contributed by atoms with Gasteiger partial charge in [-0.15, -0.1) is 0 Å². The number of aliphatic hydroxyl groups is 2. The fraction of sp³-hybridized carbons (Fsp3) is 0.351. The minimum atomic E-state index is -1.18. The normalized spacial score (nSPS) is 12.5. The van der Waals surface area contributed by atoms with E-state index < -0.39 is 24.6 Å². The summed E-state index contributed by atoms with van der Waals surface area (Å²) in [5.74, 6) is -1.79. The second kappa shape index (κ2) is 17.7. The van der Waals surface area contributed by atoms with E-state index in [0.717, 1.165) is 34.5 Å². The number of carbonyl (C=O) groups excluding carboxylic acids is 1. The molecule has 10 heteroatoms. The zero-order valence-corrected chi connectivity index (χ0v) is 26.9. The molecule has 0 saturated heterocycles. The molecular weight excluding hydrogens is 608 g/mol. The molecule has 3 aromatic carbocycles. The summed E-state index contributed by atoms with van der Waals surface area (Å²) < 4.78 is 16.1. The van der Waals surface area contributed by atoms with Gasteiger partial charge in [-0.25, -0.2) is 4.39 Å². The van der Waals surface area contributed by atoms with Gasteiger partial charge in [0.2, 0.25) is 0 Å². The van der Waals surface area contributed by atoms with Gasteiger partial charge in [0, 0.05) is 36.0 Å². The Morgan fingerprint density at radius 3 is 2.02 bits per heavy atom. The molecule has 4 N–H and O–H groups in total. The molecule has 0 radical (unpaired) electrons. The van der Waals surface area contributed by atoms with Crippen molar-refractivity contribution >= 4 is 41.4 Å². The zero-order chi connectivity index (χ0) is 33.4. The molecule has 0 aliphatic carbocycles. The van der Waals surface area contributed by atoms with Crippen molar-refractivity contribution < 1.29 is 29.3 Å². The Hall–Kier alpha value is -3.31. The van der Waals surface area contributed by atoms with E-state index in [2.05, 4.69) is 22.3 Å². The average molecular weight is 654 g/mol. The van der Waals surface area contributed by atoms with Crippen LogP contribution in [0.15, 0.2) is 78.9 Å². The number of carboxylic acids is 1. The van der Waals surface area contributed by atoms with Crippen LogP contribution >= 0.6 is 0 Å². The first-order chi connectivity index (χ1) is 21.9. The third kappa shape index (κ3) is 10.3. The van der Waals surface area contributed by atoms with E-state index in [4.69, 9.17) is 5.11 Å². The first kappa shape index (κ1) is 38.1. The molecule has 2 atom stereocenters. The van der Waals surface area contributed by atoms with Gasteiger partial charge in [0.1, 0.15) is 11.5 Å². The van der Waals surface area contributed by atoms with Crippen molar-refractivity contribution in [3.05, 3.63) is 107 Å². The Morgan fingerprint density at radius 1 is 0.851 bits per heavy atom. The van der Waals surface area contributed by atoms with Crippen LogP contribution in [0, 0.1) is 5.82 Å². The van der Waals surface area contributed by atoms with Crippen LogP contribution in [-0.4, -0.2) is 92.5 Å². The SMILES string of the molecule is CC(C)n1c(CCC(O)CC(O)CC(=O)O)c(-c2ccc(F)cc2)c(-c2ccccc2)c1C(=O)NCc1ccc(CN(C)C)cc1.[NaH]. The van der Waals surface area contributed by atoms with Crippen molar-refractivity contribution in [1.29, 1.82) is 0 Å². The fourth-order valence-corrected chi connectivity index (χ4v) is 5.90. The van der Waals surface area contributed by atoms with Crippen LogP contribution in [0.3, 0.4) is 0 Å². The van der Waals surface area contributed by atoms with Gasteiger partial charge in [-0.1, -0.05) is 66.7 Å². The number of benzene rings is 3. The molecule has 0 aliphatic rings. The van der Waals surface area contributed by atoms with Crippen LogP contribution in [0.1, 0.15) is 66.5 Å². The summed E-state index contributed by atoms with van der Waals surface area (Å²) in [5, 5.41) is 33.1. The van der Waals surface area contributed by atoms with Gasteiger partial charge in [-0.3, -0.25) is 9.59 Å². The molecule has 0 aliphatic heterocycles.